The highest BCUT2D eigenvalue weighted by Crippen LogP contribution is 2.22. The molecule has 1 aromatic heterocycles. The van der Waals surface area contributed by atoms with E-state index in [1.54, 1.807) is 18.2 Å². The zero-order valence-corrected chi connectivity index (χ0v) is 13.3. The van der Waals surface area contributed by atoms with E-state index in [9.17, 15) is 9.18 Å². The number of hydrogen-bond acceptors (Lipinski definition) is 3. The normalized spacial score (nSPS) is 11.8. The maximum Gasteiger partial charge on any atom is 0.266 e. The Bertz CT molecular complexity index is 652. The van der Waals surface area contributed by atoms with Crippen LogP contribution >= 0.6 is 27.5 Å². The van der Waals surface area contributed by atoms with Crippen LogP contribution in [0.2, 0.25) is 5.02 Å². The van der Waals surface area contributed by atoms with Crippen molar-refractivity contribution >= 4 is 39.3 Å². The van der Waals surface area contributed by atoms with E-state index in [0.29, 0.717) is 15.3 Å². The second-order valence-electron chi connectivity index (χ2n) is 4.19. The Morgan fingerprint density at radius 1 is 1.43 bits per heavy atom. The molecule has 1 aromatic carbocycles. The molecule has 1 heterocycles. The molecule has 110 valence electrons. The summed E-state index contributed by atoms with van der Waals surface area (Å²) in [4.78, 5) is 15.9. The molecule has 0 unspecified atom stereocenters. The Balaban J connectivity index is 2.00. The second-order valence-corrected chi connectivity index (χ2v) is 5.54. The van der Waals surface area contributed by atoms with Crippen molar-refractivity contribution in [2.24, 2.45) is 0 Å². The molecule has 0 saturated heterocycles. The Hall–Kier alpha value is -1.66. The van der Waals surface area contributed by atoms with E-state index in [4.69, 9.17) is 16.3 Å². The summed E-state index contributed by atoms with van der Waals surface area (Å²) in [5.74, 6) is -0.637. The lowest BCUT2D eigenvalue weighted by atomic mass is 10.3. The van der Waals surface area contributed by atoms with Crippen LogP contribution in [0.15, 0.2) is 41.0 Å². The number of nitrogens with zero attached hydrogens (tertiary/aromatic N) is 1. The lowest BCUT2D eigenvalue weighted by Gasteiger charge is -2.15. The van der Waals surface area contributed by atoms with Gasteiger partial charge in [-0.05, 0) is 37.3 Å². The summed E-state index contributed by atoms with van der Waals surface area (Å²) in [6.45, 7) is 1.52. The average molecular weight is 374 g/mol. The van der Waals surface area contributed by atoms with E-state index < -0.39 is 17.8 Å². The molecule has 7 heteroatoms. The number of amides is 1. The summed E-state index contributed by atoms with van der Waals surface area (Å²) in [6.07, 6.45) is 0.537. The first kappa shape index (κ1) is 15.7. The summed E-state index contributed by atoms with van der Waals surface area (Å²) in [5, 5.41) is 3.02. The molecule has 0 bridgehead atoms. The van der Waals surface area contributed by atoms with Crippen molar-refractivity contribution in [1.82, 2.24) is 4.98 Å². The number of pyridine rings is 1. The summed E-state index contributed by atoms with van der Waals surface area (Å²) >= 11 is 8.85. The number of ether oxygens (including phenoxy) is 1. The zero-order chi connectivity index (χ0) is 15.4. The quantitative estimate of drug-likeness (QED) is 0.880. The number of hydrogen-bond donors (Lipinski definition) is 1. The predicted octanol–water partition coefficient (Wildman–Crippen LogP) is 4.04. The fourth-order valence-corrected chi connectivity index (χ4v) is 1.94. The van der Waals surface area contributed by atoms with Crippen LogP contribution in [0.3, 0.4) is 0 Å². The van der Waals surface area contributed by atoms with E-state index in [2.05, 4.69) is 26.2 Å². The predicted molar refractivity (Wildman–Crippen MR) is 82.1 cm³/mol. The summed E-state index contributed by atoms with van der Waals surface area (Å²) in [6, 6.07) is 7.51. The maximum atomic E-state index is 13.6. The van der Waals surface area contributed by atoms with Gasteiger partial charge in [0.05, 0.1) is 5.02 Å². The number of carbonyl (C=O) groups is 1. The van der Waals surface area contributed by atoms with Crippen molar-refractivity contribution in [2.75, 3.05) is 5.32 Å². The van der Waals surface area contributed by atoms with Crippen LogP contribution in [0.4, 0.5) is 10.2 Å². The van der Waals surface area contributed by atoms with Crippen molar-refractivity contribution in [3.05, 3.63) is 51.8 Å². The topological polar surface area (TPSA) is 51.2 Å². The minimum atomic E-state index is -0.877. The van der Waals surface area contributed by atoms with Gasteiger partial charge < -0.3 is 10.1 Å². The zero-order valence-electron chi connectivity index (χ0n) is 10.9. The summed E-state index contributed by atoms with van der Waals surface area (Å²) in [7, 11) is 0. The average Bonchev–Trinajstić information content (AvgIpc) is 2.44. The fraction of sp³-hybridized carbons (Fsp3) is 0.143. The van der Waals surface area contributed by atoms with Gasteiger partial charge in [-0.3, -0.25) is 4.79 Å². The molecule has 1 atom stereocenters. The van der Waals surface area contributed by atoms with Crippen LogP contribution in [0.5, 0.6) is 5.75 Å². The molecule has 1 N–H and O–H groups in total. The first-order valence-electron chi connectivity index (χ1n) is 6.00. The largest absolute Gasteiger partial charge is 0.478 e. The number of rotatable bonds is 4. The minimum Gasteiger partial charge on any atom is -0.478 e. The van der Waals surface area contributed by atoms with Gasteiger partial charge in [-0.15, -0.1) is 0 Å². The second kappa shape index (κ2) is 6.87. The number of nitrogens with one attached hydrogen (secondary N) is 1. The standard InChI is InChI=1S/C14H11BrClFN2O2/c1-8(21-12-4-2-9(15)6-11(12)17)14(20)19-13-5-3-10(16)7-18-13/h2-8H,1H3,(H,18,19,20)/t8-/m1/s1. The van der Waals surface area contributed by atoms with Gasteiger partial charge in [-0.25, -0.2) is 9.37 Å². The molecule has 0 spiro atoms. The van der Waals surface area contributed by atoms with Gasteiger partial charge in [0.1, 0.15) is 5.82 Å². The van der Waals surface area contributed by atoms with Crippen LogP contribution < -0.4 is 10.1 Å². The Morgan fingerprint density at radius 2 is 2.19 bits per heavy atom. The summed E-state index contributed by atoms with van der Waals surface area (Å²) < 4.78 is 19.5. The van der Waals surface area contributed by atoms with Crippen LogP contribution in [0.25, 0.3) is 0 Å². The highest BCUT2D eigenvalue weighted by molar-refractivity contribution is 9.10. The van der Waals surface area contributed by atoms with E-state index in [-0.39, 0.29) is 5.75 Å². The molecule has 0 radical (unpaired) electrons. The molecule has 4 nitrogen and oxygen atoms in total. The van der Waals surface area contributed by atoms with E-state index in [1.165, 1.54) is 25.3 Å². The molecule has 1 amide bonds. The molecular formula is C14H11BrClFN2O2. The van der Waals surface area contributed by atoms with Crippen molar-refractivity contribution in [2.45, 2.75) is 13.0 Å². The van der Waals surface area contributed by atoms with Gasteiger partial charge >= 0.3 is 0 Å². The van der Waals surface area contributed by atoms with Crippen molar-refractivity contribution < 1.29 is 13.9 Å². The van der Waals surface area contributed by atoms with Gasteiger partial charge in [0, 0.05) is 10.7 Å². The molecule has 0 saturated carbocycles. The SMILES string of the molecule is C[C@@H](Oc1ccc(Br)cc1F)C(=O)Nc1ccc(Cl)cn1. The Labute approximate surface area is 134 Å². The van der Waals surface area contributed by atoms with Crippen LogP contribution in [-0.4, -0.2) is 17.0 Å². The highest BCUT2D eigenvalue weighted by atomic mass is 79.9. The van der Waals surface area contributed by atoms with E-state index >= 15 is 0 Å². The monoisotopic (exact) mass is 372 g/mol. The fourth-order valence-electron chi connectivity index (χ4n) is 1.49. The third-order valence-corrected chi connectivity index (χ3v) is 3.26. The van der Waals surface area contributed by atoms with Crippen LogP contribution in [-0.2, 0) is 4.79 Å². The van der Waals surface area contributed by atoms with Crippen LogP contribution in [0.1, 0.15) is 6.92 Å². The van der Waals surface area contributed by atoms with Gasteiger partial charge in [0.15, 0.2) is 17.7 Å². The smallest absolute Gasteiger partial charge is 0.266 e. The van der Waals surface area contributed by atoms with Crippen molar-refractivity contribution in [3.8, 4) is 5.75 Å². The number of benzene rings is 1. The lowest BCUT2D eigenvalue weighted by molar-refractivity contribution is -0.122. The Kier molecular flexibility index (Phi) is 5.14. The van der Waals surface area contributed by atoms with Gasteiger partial charge in [-0.1, -0.05) is 27.5 Å². The molecule has 2 aromatic rings. The lowest BCUT2D eigenvalue weighted by Crippen LogP contribution is -2.30. The third kappa shape index (κ3) is 4.41. The number of anilines is 1. The van der Waals surface area contributed by atoms with Gasteiger partial charge in [-0.2, -0.15) is 0 Å². The number of carbonyl (C=O) groups excluding carboxylic acids is 1. The Morgan fingerprint density at radius 3 is 2.81 bits per heavy atom. The molecule has 0 aliphatic heterocycles. The number of halogens is 3. The molecule has 21 heavy (non-hydrogen) atoms. The first-order chi connectivity index (χ1) is 9.95. The molecule has 0 fully saturated rings. The maximum absolute atomic E-state index is 13.6. The molecule has 0 aliphatic rings. The molecule has 0 aliphatic carbocycles. The van der Waals surface area contributed by atoms with Gasteiger partial charge in [0.2, 0.25) is 0 Å². The third-order valence-electron chi connectivity index (χ3n) is 2.55. The molecular weight excluding hydrogens is 363 g/mol. The van der Waals surface area contributed by atoms with Crippen LogP contribution in [0, 0.1) is 5.82 Å². The minimum absolute atomic E-state index is 0.00455. The van der Waals surface area contributed by atoms with Crippen molar-refractivity contribution in [3.63, 3.8) is 0 Å². The highest BCUT2D eigenvalue weighted by Gasteiger charge is 2.17. The number of aromatic nitrogens is 1. The summed E-state index contributed by atoms with van der Waals surface area (Å²) in [5.41, 5.74) is 0. The van der Waals surface area contributed by atoms with E-state index in [0.717, 1.165) is 0 Å². The first-order valence-corrected chi connectivity index (χ1v) is 7.17. The van der Waals surface area contributed by atoms with Gasteiger partial charge in [0.25, 0.3) is 5.91 Å². The molecule has 2 rings (SSSR count). The van der Waals surface area contributed by atoms with E-state index in [1.807, 2.05) is 0 Å². The van der Waals surface area contributed by atoms with Crippen molar-refractivity contribution in [1.29, 1.82) is 0 Å².